The van der Waals surface area contributed by atoms with Gasteiger partial charge in [-0.1, -0.05) is 45.4 Å². The van der Waals surface area contributed by atoms with E-state index in [0.29, 0.717) is 23.9 Å². The average Bonchev–Trinajstić information content (AvgIpc) is 2.50. The fraction of sp³-hybridized carbons (Fsp3) is 0.667. The molecule has 5 heteroatoms. The summed E-state index contributed by atoms with van der Waals surface area (Å²) in [6.07, 6.45) is 8.49. The number of nitrogens with zero attached hydrogens (tertiary/aromatic N) is 2. The smallest absolute Gasteiger partial charge is 0.271 e. The van der Waals surface area contributed by atoms with Gasteiger partial charge in [0, 0.05) is 6.54 Å². The number of amides is 1. The van der Waals surface area contributed by atoms with Crippen LogP contribution < -0.4 is 15.4 Å². The molecule has 0 aliphatic carbocycles. The molecule has 1 aliphatic heterocycles. The molecule has 0 atom stereocenters. The van der Waals surface area contributed by atoms with E-state index in [4.69, 9.17) is 10.5 Å². The molecule has 0 saturated heterocycles. The Morgan fingerprint density at radius 1 is 1.13 bits per heavy atom. The number of carbonyl (C=O) groups is 1. The molecule has 2 N–H and O–H groups in total. The highest BCUT2D eigenvalue weighted by Gasteiger charge is 2.41. The molecule has 2 rings (SSSR count). The molecule has 23 heavy (non-hydrogen) atoms. The number of pyridine rings is 1. The van der Waals surface area contributed by atoms with Crippen molar-refractivity contribution in [2.45, 2.75) is 71.3 Å². The van der Waals surface area contributed by atoms with Crippen molar-refractivity contribution in [1.29, 1.82) is 0 Å². The van der Waals surface area contributed by atoms with E-state index in [2.05, 4.69) is 11.9 Å². The third kappa shape index (κ3) is 4.36. The van der Waals surface area contributed by atoms with Crippen molar-refractivity contribution >= 4 is 17.5 Å². The van der Waals surface area contributed by atoms with E-state index in [-0.39, 0.29) is 5.91 Å². The van der Waals surface area contributed by atoms with E-state index < -0.39 is 5.60 Å². The van der Waals surface area contributed by atoms with Gasteiger partial charge in [-0.05, 0) is 32.4 Å². The number of hydrogen-bond donors (Lipinski definition) is 1. The minimum Gasteiger partial charge on any atom is -0.474 e. The maximum absolute atomic E-state index is 12.6. The molecule has 5 nitrogen and oxygen atoms in total. The first-order valence-electron chi connectivity index (χ1n) is 8.73. The summed E-state index contributed by atoms with van der Waals surface area (Å²) in [4.78, 5) is 18.7. The average molecular weight is 319 g/mol. The Hall–Kier alpha value is -1.78. The van der Waals surface area contributed by atoms with Crippen molar-refractivity contribution in [2.75, 3.05) is 17.2 Å². The molecule has 0 fully saturated rings. The maximum atomic E-state index is 12.6. The lowest BCUT2D eigenvalue weighted by Crippen LogP contribution is -2.53. The molecule has 0 unspecified atom stereocenters. The molecule has 1 aromatic rings. The van der Waals surface area contributed by atoms with Gasteiger partial charge < -0.3 is 10.5 Å². The Balaban J connectivity index is 1.97. The molecular formula is C18H29N3O2. The molecule has 0 spiro atoms. The van der Waals surface area contributed by atoms with Crippen LogP contribution in [0.5, 0.6) is 5.75 Å². The quantitative estimate of drug-likeness (QED) is 0.737. The van der Waals surface area contributed by atoms with Gasteiger partial charge in [-0.3, -0.25) is 9.69 Å². The van der Waals surface area contributed by atoms with E-state index in [9.17, 15) is 4.79 Å². The van der Waals surface area contributed by atoms with Crippen LogP contribution in [0.2, 0.25) is 0 Å². The van der Waals surface area contributed by atoms with E-state index in [1.807, 2.05) is 0 Å². The highest BCUT2D eigenvalue weighted by Crippen LogP contribution is 2.36. The zero-order chi connectivity index (χ0) is 16.9. The normalized spacial score (nSPS) is 16.1. The van der Waals surface area contributed by atoms with Crippen molar-refractivity contribution < 1.29 is 9.53 Å². The lowest BCUT2D eigenvalue weighted by atomic mass is 10.0. The Bertz CT molecular complexity index is 543. The van der Waals surface area contributed by atoms with Crippen LogP contribution in [0.25, 0.3) is 0 Å². The second-order valence-corrected chi connectivity index (χ2v) is 6.75. The molecule has 1 aliphatic rings. The topological polar surface area (TPSA) is 68.5 Å². The van der Waals surface area contributed by atoms with Gasteiger partial charge in [-0.15, -0.1) is 0 Å². The van der Waals surface area contributed by atoms with E-state index in [0.717, 1.165) is 12.8 Å². The SMILES string of the molecule is CCCCCCCCCN1C(=O)C(C)(C)Oc2ccc(N)nc21. The van der Waals surface area contributed by atoms with Crippen LogP contribution in [0.15, 0.2) is 12.1 Å². The van der Waals surface area contributed by atoms with Crippen molar-refractivity contribution in [3.8, 4) is 5.75 Å². The molecule has 1 aromatic heterocycles. The van der Waals surface area contributed by atoms with Crippen LogP contribution in [0.4, 0.5) is 11.6 Å². The number of carbonyl (C=O) groups excluding carboxylic acids is 1. The molecule has 0 aromatic carbocycles. The van der Waals surface area contributed by atoms with Crippen LogP contribution in [-0.4, -0.2) is 23.0 Å². The summed E-state index contributed by atoms with van der Waals surface area (Å²) in [5, 5.41) is 0. The van der Waals surface area contributed by atoms with Crippen molar-refractivity contribution in [3.05, 3.63) is 12.1 Å². The third-order valence-electron chi connectivity index (χ3n) is 4.23. The number of aromatic nitrogens is 1. The zero-order valence-electron chi connectivity index (χ0n) is 14.6. The van der Waals surface area contributed by atoms with Crippen LogP contribution in [0.3, 0.4) is 0 Å². The minimum atomic E-state index is -0.855. The number of anilines is 2. The lowest BCUT2D eigenvalue weighted by Gasteiger charge is -2.38. The van der Waals surface area contributed by atoms with Gasteiger partial charge in [-0.25, -0.2) is 4.98 Å². The number of ether oxygens (including phenoxy) is 1. The monoisotopic (exact) mass is 319 g/mol. The molecule has 0 bridgehead atoms. The van der Waals surface area contributed by atoms with Crippen molar-refractivity contribution in [3.63, 3.8) is 0 Å². The Kier molecular flexibility index (Phi) is 5.85. The molecular weight excluding hydrogens is 290 g/mol. The molecule has 128 valence electrons. The summed E-state index contributed by atoms with van der Waals surface area (Å²) in [5.41, 5.74) is 4.92. The highest BCUT2D eigenvalue weighted by molar-refractivity contribution is 6.01. The molecule has 1 amide bonds. The first-order chi connectivity index (χ1) is 11.0. The van der Waals surface area contributed by atoms with Crippen LogP contribution in [0, 0.1) is 0 Å². The number of hydrogen-bond acceptors (Lipinski definition) is 4. The number of fused-ring (bicyclic) bond motifs is 1. The van der Waals surface area contributed by atoms with Gasteiger partial charge in [0.15, 0.2) is 17.2 Å². The Morgan fingerprint density at radius 3 is 2.48 bits per heavy atom. The van der Waals surface area contributed by atoms with Crippen LogP contribution >= 0.6 is 0 Å². The summed E-state index contributed by atoms with van der Waals surface area (Å²) in [6, 6.07) is 3.50. The number of rotatable bonds is 8. The molecule has 0 saturated carbocycles. The van der Waals surface area contributed by atoms with Crippen molar-refractivity contribution in [1.82, 2.24) is 4.98 Å². The van der Waals surface area contributed by atoms with Gasteiger partial charge in [0.25, 0.3) is 5.91 Å². The largest absolute Gasteiger partial charge is 0.474 e. The van der Waals surface area contributed by atoms with Gasteiger partial charge in [0.2, 0.25) is 0 Å². The fourth-order valence-electron chi connectivity index (χ4n) is 2.90. The van der Waals surface area contributed by atoms with E-state index >= 15 is 0 Å². The number of nitrogen functional groups attached to an aromatic ring is 1. The fourth-order valence-corrected chi connectivity index (χ4v) is 2.90. The summed E-state index contributed by atoms with van der Waals surface area (Å²) in [7, 11) is 0. The minimum absolute atomic E-state index is 0.0471. The highest BCUT2D eigenvalue weighted by atomic mass is 16.5. The lowest BCUT2D eigenvalue weighted by molar-refractivity contribution is -0.132. The van der Waals surface area contributed by atoms with Crippen LogP contribution in [0.1, 0.15) is 65.7 Å². The molecule has 2 heterocycles. The van der Waals surface area contributed by atoms with Gasteiger partial charge in [0.05, 0.1) is 0 Å². The van der Waals surface area contributed by atoms with Gasteiger partial charge in [0.1, 0.15) is 5.82 Å². The summed E-state index contributed by atoms with van der Waals surface area (Å²) in [5.74, 6) is 1.55. The summed E-state index contributed by atoms with van der Waals surface area (Å²) >= 11 is 0. The summed E-state index contributed by atoms with van der Waals surface area (Å²) < 4.78 is 5.78. The van der Waals surface area contributed by atoms with Crippen LogP contribution in [-0.2, 0) is 4.79 Å². The second-order valence-electron chi connectivity index (χ2n) is 6.75. The Morgan fingerprint density at radius 2 is 1.78 bits per heavy atom. The van der Waals surface area contributed by atoms with Gasteiger partial charge in [-0.2, -0.15) is 0 Å². The van der Waals surface area contributed by atoms with E-state index in [1.54, 1.807) is 30.9 Å². The van der Waals surface area contributed by atoms with Crippen molar-refractivity contribution in [2.24, 2.45) is 0 Å². The zero-order valence-corrected chi connectivity index (χ0v) is 14.6. The molecule has 0 radical (unpaired) electrons. The van der Waals surface area contributed by atoms with E-state index in [1.165, 1.54) is 32.1 Å². The second kappa shape index (κ2) is 7.66. The predicted octanol–water partition coefficient (Wildman–Crippen LogP) is 3.92. The third-order valence-corrected chi connectivity index (χ3v) is 4.23. The maximum Gasteiger partial charge on any atom is 0.271 e. The standard InChI is InChI=1S/C18H29N3O2/c1-4-5-6-7-8-9-10-13-21-16-14(11-12-15(19)20-16)23-18(2,3)17(21)22/h11-12H,4-10,13H2,1-3H3,(H2,19,20). The first-order valence-corrected chi connectivity index (χ1v) is 8.73. The first kappa shape index (κ1) is 17.6. The Labute approximate surface area is 139 Å². The summed E-state index contributed by atoms with van der Waals surface area (Å²) in [6.45, 7) is 6.49. The predicted molar refractivity (Wildman–Crippen MR) is 93.7 cm³/mol. The number of nitrogens with two attached hydrogens (primary N) is 1. The van der Waals surface area contributed by atoms with Gasteiger partial charge >= 0.3 is 0 Å². The number of unbranched alkanes of at least 4 members (excludes halogenated alkanes) is 6.